The van der Waals surface area contributed by atoms with E-state index in [0.29, 0.717) is 12.0 Å². The Morgan fingerprint density at radius 1 is 1.35 bits per heavy atom. The van der Waals surface area contributed by atoms with E-state index in [2.05, 4.69) is 24.1 Å². The molecule has 0 bridgehead atoms. The van der Waals surface area contributed by atoms with Gasteiger partial charge in [0, 0.05) is 30.7 Å². The zero-order valence-corrected chi connectivity index (χ0v) is 11.7. The molecule has 1 fully saturated rings. The van der Waals surface area contributed by atoms with Gasteiger partial charge in [0.2, 0.25) is 0 Å². The van der Waals surface area contributed by atoms with Crippen molar-refractivity contribution in [2.24, 2.45) is 5.92 Å². The van der Waals surface area contributed by atoms with E-state index in [1.165, 1.54) is 0 Å². The van der Waals surface area contributed by atoms with Gasteiger partial charge in [-0.2, -0.15) is 0 Å². The van der Waals surface area contributed by atoms with Crippen LogP contribution in [0.15, 0.2) is 18.2 Å². The van der Waals surface area contributed by atoms with Crippen LogP contribution in [0.3, 0.4) is 0 Å². The lowest BCUT2D eigenvalue weighted by molar-refractivity contribution is 0.390. The maximum atomic E-state index is 6.28. The highest BCUT2D eigenvalue weighted by Gasteiger charge is 2.26. The Labute approximate surface area is 113 Å². The summed E-state index contributed by atoms with van der Waals surface area (Å²) < 4.78 is 0. The summed E-state index contributed by atoms with van der Waals surface area (Å²) in [5.74, 6) is 0.581. The van der Waals surface area contributed by atoms with E-state index in [4.69, 9.17) is 23.2 Å². The molecule has 1 aromatic carbocycles. The first-order valence-corrected chi connectivity index (χ1v) is 6.77. The number of hydrogen-bond acceptors (Lipinski definition) is 2. The van der Waals surface area contributed by atoms with E-state index in [1.54, 1.807) is 0 Å². The Morgan fingerprint density at radius 2 is 2.12 bits per heavy atom. The molecule has 17 heavy (non-hydrogen) atoms. The van der Waals surface area contributed by atoms with Gasteiger partial charge in [-0.1, -0.05) is 37.0 Å². The second-order valence-electron chi connectivity index (χ2n) is 4.80. The van der Waals surface area contributed by atoms with E-state index >= 15 is 0 Å². The third-order valence-electron chi connectivity index (χ3n) is 3.27. The minimum absolute atomic E-state index is 0.472. The van der Waals surface area contributed by atoms with E-state index < -0.39 is 0 Å². The predicted molar refractivity (Wildman–Crippen MR) is 75.3 cm³/mol. The molecule has 0 aliphatic carbocycles. The van der Waals surface area contributed by atoms with Gasteiger partial charge in [-0.3, -0.25) is 0 Å². The molecule has 1 atom stereocenters. The normalized spacial score (nSPS) is 21.0. The molecule has 0 amide bonds. The second kappa shape index (κ2) is 5.47. The van der Waals surface area contributed by atoms with Gasteiger partial charge in [0.15, 0.2) is 0 Å². The second-order valence-corrected chi connectivity index (χ2v) is 5.65. The van der Waals surface area contributed by atoms with Crippen LogP contribution in [0.1, 0.15) is 13.8 Å². The Morgan fingerprint density at radius 3 is 2.82 bits per heavy atom. The number of nitrogens with one attached hydrogen (secondary N) is 1. The zero-order chi connectivity index (χ0) is 12.4. The van der Waals surface area contributed by atoms with Crippen LogP contribution in [0.5, 0.6) is 0 Å². The van der Waals surface area contributed by atoms with Crippen molar-refractivity contribution in [1.29, 1.82) is 0 Å². The van der Waals surface area contributed by atoms with Crippen LogP contribution < -0.4 is 10.2 Å². The average molecular weight is 273 g/mol. The fourth-order valence-corrected chi connectivity index (χ4v) is 2.72. The summed E-state index contributed by atoms with van der Waals surface area (Å²) in [4.78, 5) is 2.37. The van der Waals surface area contributed by atoms with E-state index in [9.17, 15) is 0 Å². The van der Waals surface area contributed by atoms with E-state index in [0.717, 1.165) is 35.4 Å². The Bertz CT molecular complexity index is 393. The summed E-state index contributed by atoms with van der Waals surface area (Å²) in [6.45, 7) is 7.45. The third-order valence-corrected chi connectivity index (χ3v) is 3.83. The molecule has 1 saturated heterocycles. The molecule has 0 radical (unpaired) electrons. The van der Waals surface area contributed by atoms with Gasteiger partial charge in [0.05, 0.1) is 10.7 Å². The largest absolute Gasteiger partial charge is 0.364 e. The molecule has 1 N–H and O–H groups in total. The van der Waals surface area contributed by atoms with Crippen LogP contribution in [0.25, 0.3) is 0 Å². The van der Waals surface area contributed by atoms with Crippen molar-refractivity contribution in [3.05, 3.63) is 28.2 Å². The zero-order valence-electron chi connectivity index (χ0n) is 10.2. The SMILES string of the molecule is CC(C)C1CNCCN1c1cc(Cl)ccc1Cl. The third kappa shape index (κ3) is 2.87. The van der Waals surface area contributed by atoms with Crippen LogP contribution in [0.4, 0.5) is 5.69 Å². The summed E-state index contributed by atoms with van der Waals surface area (Å²) in [6, 6.07) is 6.14. The lowest BCUT2D eigenvalue weighted by Crippen LogP contribution is -2.53. The van der Waals surface area contributed by atoms with Crippen molar-refractivity contribution in [1.82, 2.24) is 5.32 Å². The lowest BCUT2D eigenvalue weighted by Gasteiger charge is -2.40. The molecule has 1 aliphatic heterocycles. The van der Waals surface area contributed by atoms with Gasteiger partial charge in [0.1, 0.15) is 0 Å². The van der Waals surface area contributed by atoms with Crippen molar-refractivity contribution < 1.29 is 0 Å². The summed E-state index contributed by atoms with van der Waals surface area (Å²) in [7, 11) is 0. The molecule has 94 valence electrons. The van der Waals surface area contributed by atoms with Crippen molar-refractivity contribution >= 4 is 28.9 Å². The topological polar surface area (TPSA) is 15.3 Å². The molecule has 2 nitrogen and oxygen atoms in total. The molecule has 1 aliphatic rings. The Kier molecular flexibility index (Phi) is 4.18. The lowest BCUT2D eigenvalue weighted by atomic mass is 10.00. The smallest absolute Gasteiger partial charge is 0.0640 e. The summed E-state index contributed by atoms with van der Waals surface area (Å²) >= 11 is 12.3. The molecule has 0 aromatic heterocycles. The average Bonchev–Trinajstić information content (AvgIpc) is 2.32. The number of hydrogen-bond donors (Lipinski definition) is 1. The van der Waals surface area contributed by atoms with Gasteiger partial charge in [-0.15, -0.1) is 0 Å². The van der Waals surface area contributed by atoms with Crippen LogP contribution in [0.2, 0.25) is 10.0 Å². The predicted octanol–water partition coefficient (Wildman–Crippen LogP) is 3.43. The van der Waals surface area contributed by atoms with Crippen molar-refractivity contribution in [2.75, 3.05) is 24.5 Å². The Balaban J connectivity index is 2.32. The van der Waals surface area contributed by atoms with Crippen molar-refractivity contribution in [3.63, 3.8) is 0 Å². The summed E-state index contributed by atoms with van der Waals surface area (Å²) in [6.07, 6.45) is 0. The first kappa shape index (κ1) is 13.0. The highest BCUT2D eigenvalue weighted by atomic mass is 35.5. The van der Waals surface area contributed by atoms with Gasteiger partial charge in [-0.05, 0) is 24.1 Å². The first-order valence-electron chi connectivity index (χ1n) is 6.02. The van der Waals surface area contributed by atoms with Gasteiger partial charge in [-0.25, -0.2) is 0 Å². The molecule has 4 heteroatoms. The number of piperazine rings is 1. The standard InChI is InChI=1S/C13H18Cl2N2/c1-9(2)13-8-16-5-6-17(13)12-7-10(14)3-4-11(12)15/h3-4,7,9,13,16H,5-6,8H2,1-2H3. The van der Waals surface area contributed by atoms with Crippen molar-refractivity contribution in [2.45, 2.75) is 19.9 Å². The molecule has 0 spiro atoms. The molecule has 1 aromatic rings. The van der Waals surface area contributed by atoms with Gasteiger partial charge in [0.25, 0.3) is 0 Å². The minimum atomic E-state index is 0.472. The van der Waals surface area contributed by atoms with Gasteiger partial charge >= 0.3 is 0 Å². The van der Waals surface area contributed by atoms with Crippen molar-refractivity contribution in [3.8, 4) is 0 Å². The number of anilines is 1. The molecular formula is C13H18Cl2N2. The fraction of sp³-hybridized carbons (Fsp3) is 0.538. The first-order chi connectivity index (χ1) is 8.09. The maximum Gasteiger partial charge on any atom is 0.0640 e. The molecule has 1 unspecified atom stereocenters. The molecule has 2 rings (SSSR count). The highest BCUT2D eigenvalue weighted by molar-refractivity contribution is 6.35. The van der Waals surface area contributed by atoms with E-state index in [-0.39, 0.29) is 0 Å². The number of benzene rings is 1. The summed E-state index contributed by atoms with van der Waals surface area (Å²) in [5.41, 5.74) is 1.05. The van der Waals surface area contributed by atoms with Gasteiger partial charge < -0.3 is 10.2 Å². The number of halogens is 2. The number of nitrogens with zero attached hydrogens (tertiary/aromatic N) is 1. The quantitative estimate of drug-likeness (QED) is 0.888. The fourth-order valence-electron chi connectivity index (χ4n) is 2.33. The number of rotatable bonds is 2. The van der Waals surface area contributed by atoms with Crippen LogP contribution in [0, 0.1) is 5.92 Å². The maximum absolute atomic E-state index is 6.28. The van der Waals surface area contributed by atoms with E-state index in [1.807, 2.05) is 18.2 Å². The van der Waals surface area contributed by atoms with Crippen LogP contribution in [-0.4, -0.2) is 25.7 Å². The highest BCUT2D eigenvalue weighted by Crippen LogP contribution is 2.32. The molecule has 1 heterocycles. The minimum Gasteiger partial charge on any atom is -0.364 e. The van der Waals surface area contributed by atoms with Crippen LogP contribution >= 0.6 is 23.2 Å². The Hall–Kier alpha value is -0.440. The van der Waals surface area contributed by atoms with Crippen LogP contribution in [-0.2, 0) is 0 Å². The molecule has 0 saturated carbocycles. The molecular weight excluding hydrogens is 255 g/mol. The monoisotopic (exact) mass is 272 g/mol. The summed E-state index contributed by atoms with van der Waals surface area (Å²) in [5, 5.41) is 4.95.